The third-order valence-electron chi connectivity index (χ3n) is 7.33. The third-order valence-corrected chi connectivity index (χ3v) is 12.4. The van der Waals surface area contributed by atoms with Crippen molar-refractivity contribution in [3.8, 4) is 0 Å². The minimum atomic E-state index is -2.68. The molecule has 2 aliphatic carbocycles. The van der Waals surface area contributed by atoms with Gasteiger partial charge in [0, 0.05) is 11.3 Å². The first-order valence-corrected chi connectivity index (χ1v) is 13.3. The predicted molar refractivity (Wildman–Crippen MR) is 131 cm³/mol. The van der Waals surface area contributed by atoms with E-state index >= 15 is 0 Å². The average Bonchev–Trinajstić information content (AvgIpc) is 2.76. The van der Waals surface area contributed by atoms with Crippen molar-refractivity contribution < 1.29 is 9.22 Å². The van der Waals surface area contributed by atoms with Gasteiger partial charge in [-0.2, -0.15) is 0 Å². The molecule has 3 atom stereocenters. The van der Waals surface area contributed by atoms with E-state index in [1.54, 1.807) is 0 Å². The van der Waals surface area contributed by atoms with E-state index in [9.17, 15) is 4.79 Å². The lowest BCUT2D eigenvalue weighted by molar-refractivity contribution is -0.130. The average molecular weight is 431 g/mol. The van der Waals surface area contributed by atoms with Gasteiger partial charge in [0.25, 0.3) is 8.32 Å². The maximum atomic E-state index is 13.2. The van der Waals surface area contributed by atoms with Gasteiger partial charge in [-0.15, -0.1) is 0 Å². The van der Waals surface area contributed by atoms with Crippen molar-refractivity contribution >= 4 is 24.5 Å². The number of hydrogen-bond acceptors (Lipinski definition) is 2. The Morgan fingerprint density at radius 1 is 0.935 bits per heavy atom. The van der Waals surface area contributed by atoms with Crippen molar-refractivity contribution in [2.45, 2.75) is 58.6 Å². The quantitative estimate of drug-likeness (QED) is 0.477. The molecule has 3 heteroatoms. The molecular formula is C28H34O2Si. The van der Waals surface area contributed by atoms with Crippen LogP contribution in [0.1, 0.15) is 47.5 Å². The Kier molecular flexibility index (Phi) is 5.69. The molecule has 0 saturated carbocycles. The number of hydrogen-bond donors (Lipinski definition) is 0. The second-order valence-electron chi connectivity index (χ2n) is 10.4. The van der Waals surface area contributed by atoms with Crippen LogP contribution in [-0.4, -0.2) is 20.2 Å². The molecule has 162 valence electrons. The fourth-order valence-electron chi connectivity index (χ4n) is 5.64. The van der Waals surface area contributed by atoms with Gasteiger partial charge < -0.3 is 4.43 Å². The van der Waals surface area contributed by atoms with E-state index in [1.807, 2.05) is 6.92 Å². The number of rotatable bonds is 4. The highest BCUT2D eigenvalue weighted by atomic mass is 28.4. The first kappa shape index (κ1) is 22.0. The van der Waals surface area contributed by atoms with Gasteiger partial charge >= 0.3 is 0 Å². The maximum Gasteiger partial charge on any atom is 0.261 e. The van der Waals surface area contributed by atoms with Crippen LogP contribution in [0.2, 0.25) is 5.04 Å². The van der Waals surface area contributed by atoms with Gasteiger partial charge in [0.1, 0.15) is 0 Å². The molecular weight excluding hydrogens is 396 g/mol. The lowest BCUT2D eigenvalue weighted by Crippen LogP contribution is -2.68. The maximum absolute atomic E-state index is 13.2. The van der Waals surface area contributed by atoms with Crippen LogP contribution in [-0.2, 0) is 9.22 Å². The molecule has 0 spiro atoms. The normalized spacial score (nSPS) is 26.4. The lowest BCUT2D eigenvalue weighted by atomic mass is 9.61. The van der Waals surface area contributed by atoms with Gasteiger partial charge in [0.15, 0.2) is 5.78 Å². The van der Waals surface area contributed by atoms with Crippen LogP contribution >= 0.6 is 0 Å². The first-order valence-electron chi connectivity index (χ1n) is 11.4. The van der Waals surface area contributed by atoms with Gasteiger partial charge in [-0.3, -0.25) is 4.79 Å². The summed E-state index contributed by atoms with van der Waals surface area (Å²) in [6, 6.07) is 21.5. The molecule has 0 fully saturated rings. The summed E-state index contributed by atoms with van der Waals surface area (Å²) in [6.45, 7) is 11.0. The Balaban J connectivity index is 1.91. The van der Waals surface area contributed by atoms with Gasteiger partial charge in [0.05, 0.1) is 6.10 Å². The number of Topliss-reactive ketones (excluding diaryl/α,β-unsaturated/α-hetero) is 1. The standard InChI is InChI=1S/C28H34O2Si/c1-21-20-25(24-18-12-13-19-28(24,5)26(21)29)30-31(27(2,3)4,22-14-8-6-9-15-22)23-16-10-7-11-17-23/h6-17,20,24-25H,18-19H2,1-5H3/t24-,25-,28-/m1/s1. The fraction of sp³-hybridized carbons (Fsp3) is 0.393. The van der Waals surface area contributed by atoms with Crippen molar-refractivity contribution in [2.24, 2.45) is 11.3 Å². The summed E-state index contributed by atoms with van der Waals surface area (Å²) in [4.78, 5) is 13.2. The number of fused-ring (bicyclic) bond motifs is 1. The Morgan fingerprint density at radius 2 is 1.48 bits per heavy atom. The summed E-state index contributed by atoms with van der Waals surface area (Å²) in [5.74, 6) is 0.444. The van der Waals surface area contributed by atoms with Crippen molar-refractivity contribution in [1.29, 1.82) is 0 Å². The van der Waals surface area contributed by atoms with E-state index < -0.39 is 8.32 Å². The zero-order chi connectivity index (χ0) is 22.3. The van der Waals surface area contributed by atoms with Gasteiger partial charge in [-0.25, -0.2) is 0 Å². The summed E-state index contributed by atoms with van der Waals surface area (Å²) in [6.07, 6.45) is 8.12. The molecule has 0 saturated heterocycles. The number of ketones is 1. The van der Waals surface area contributed by atoms with Crippen molar-refractivity contribution in [3.05, 3.63) is 84.5 Å². The monoisotopic (exact) mass is 430 g/mol. The van der Waals surface area contributed by atoms with Crippen molar-refractivity contribution in [2.75, 3.05) is 0 Å². The molecule has 2 nitrogen and oxygen atoms in total. The summed E-state index contributed by atoms with van der Waals surface area (Å²) in [5.41, 5.74) is 0.459. The fourth-order valence-corrected chi connectivity index (χ4v) is 10.3. The summed E-state index contributed by atoms with van der Waals surface area (Å²) in [5, 5.41) is 2.48. The predicted octanol–water partition coefficient (Wildman–Crippen LogP) is 5.43. The van der Waals surface area contributed by atoms with Gasteiger partial charge in [-0.1, -0.05) is 107 Å². The van der Waals surface area contributed by atoms with Crippen LogP contribution in [0.25, 0.3) is 0 Å². The van der Waals surface area contributed by atoms with Crippen LogP contribution in [0.5, 0.6) is 0 Å². The van der Waals surface area contributed by atoms with E-state index in [4.69, 9.17) is 4.43 Å². The molecule has 0 amide bonds. The largest absolute Gasteiger partial charge is 0.401 e. The van der Waals surface area contributed by atoms with E-state index in [2.05, 4.69) is 107 Å². The molecule has 31 heavy (non-hydrogen) atoms. The van der Waals surface area contributed by atoms with Crippen LogP contribution in [0.4, 0.5) is 0 Å². The highest BCUT2D eigenvalue weighted by molar-refractivity contribution is 6.99. The molecule has 0 unspecified atom stereocenters. The molecule has 2 aromatic rings. The Hall–Kier alpha value is -2.23. The molecule has 0 aliphatic heterocycles. The van der Waals surface area contributed by atoms with Crippen LogP contribution in [0, 0.1) is 11.3 Å². The summed E-state index contributed by atoms with van der Waals surface area (Å²) < 4.78 is 7.45. The lowest BCUT2D eigenvalue weighted by Gasteiger charge is -2.50. The molecule has 0 radical (unpaired) electrons. The highest BCUT2D eigenvalue weighted by Gasteiger charge is 2.55. The van der Waals surface area contributed by atoms with Crippen LogP contribution in [0.3, 0.4) is 0 Å². The second-order valence-corrected chi connectivity index (χ2v) is 14.6. The minimum absolute atomic E-state index is 0.0835. The number of carbonyl (C=O) groups is 1. The highest BCUT2D eigenvalue weighted by Crippen LogP contribution is 2.48. The zero-order valence-corrected chi connectivity index (χ0v) is 20.4. The Morgan fingerprint density at radius 3 is 2.00 bits per heavy atom. The van der Waals surface area contributed by atoms with Crippen molar-refractivity contribution in [1.82, 2.24) is 0 Å². The smallest absolute Gasteiger partial charge is 0.261 e. The van der Waals surface area contributed by atoms with Gasteiger partial charge in [-0.05, 0) is 40.8 Å². The second kappa shape index (κ2) is 8.03. The third kappa shape index (κ3) is 3.58. The number of benzene rings is 2. The number of allylic oxidation sites excluding steroid dienone is 3. The Bertz CT molecular complexity index is 961. The first-order chi connectivity index (χ1) is 14.7. The zero-order valence-electron chi connectivity index (χ0n) is 19.4. The molecule has 0 heterocycles. The molecule has 0 N–H and O–H groups in total. The molecule has 4 rings (SSSR count). The van der Waals surface area contributed by atoms with E-state index in [-0.39, 0.29) is 28.3 Å². The molecule has 0 bridgehead atoms. The van der Waals surface area contributed by atoms with Crippen LogP contribution in [0.15, 0.2) is 84.5 Å². The topological polar surface area (TPSA) is 26.3 Å². The van der Waals surface area contributed by atoms with E-state index in [0.29, 0.717) is 0 Å². The summed E-state index contributed by atoms with van der Waals surface area (Å²) in [7, 11) is -2.68. The van der Waals surface area contributed by atoms with E-state index in [1.165, 1.54) is 10.4 Å². The summed E-state index contributed by atoms with van der Waals surface area (Å²) >= 11 is 0. The minimum Gasteiger partial charge on any atom is -0.401 e. The molecule has 2 aromatic carbocycles. The number of carbonyl (C=O) groups excluding carboxylic acids is 1. The van der Waals surface area contributed by atoms with Crippen LogP contribution < -0.4 is 10.4 Å². The SMILES string of the molecule is CC1=C[C@@H](O[Si](c2ccccc2)(c2ccccc2)C(C)(C)C)[C@H]2CC=CC[C@@]2(C)C1=O. The van der Waals surface area contributed by atoms with E-state index in [0.717, 1.165) is 18.4 Å². The van der Waals surface area contributed by atoms with Gasteiger partial charge in [0.2, 0.25) is 0 Å². The Labute approximate surface area is 188 Å². The molecule has 2 aliphatic rings. The van der Waals surface area contributed by atoms with Crippen molar-refractivity contribution in [3.63, 3.8) is 0 Å². The molecule has 0 aromatic heterocycles.